The first-order valence-corrected chi connectivity index (χ1v) is 15.2. The molecule has 0 saturated carbocycles. The molecule has 8 nitrogen and oxygen atoms in total. The predicted molar refractivity (Wildman–Crippen MR) is 187 cm³/mol. The van der Waals surface area contributed by atoms with Gasteiger partial charge in [-0.2, -0.15) is 0 Å². The van der Waals surface area contributed by atoms with Crippen LogP contribution < -0.4 is 11.3 Å². The fraction of sp³-hybridized carbons (Fsp3) is 0. The van der Waals surface area contributed by atoms with Gasteiger partial charge >= 0.3 is 11.3 Å². The molecule has 0 unspecified atom stereocenters. The predicted octanol–water partition coefficient (Wildman–Crippen LogP) is 8.32. The summed E-state index contributed by atoms with van der Waals surface area (Å²) in [4.78, 5) is 43.1. The van der Waals surface area contributed by atoms with Crippen LogP contribution in [0, 0.1) is 0 Å². The van der Waals surface area contributed by atoms with Crippen molar-refractivity contribution < 1.29 is 8.83 Å². The first-order valence-electron chi connectivity index (χ1n) is 15.2. The Bertz CT molecular complexity index is 2400. The molecule has 48 heavy (non-hydrogen) atoms. The van der Waals surface area contributed by atoms with E-state index in [4.69, 9.17) is 8.83 Å². The Kier molecular flexibility index (Phi) is 7.28. The van der Waals surface area contributed by atoms with Crippen molar-refractivity contribution in [2.75, 3.05) is 0 Å². The smallest absolute Gasteiger partial charge is 0.347 e. The lowest BCUT2D eigenvalue weighted by Gasteiger charge is -2.05. The third kappa shape index (κ3) is 5.70. The Hall–Kier alpha value is -6.80. The lowest BCUT2D eigenvalue weighted by molar-refractivity contribution is 0.518. The van der Waals surface area contributed by atoms with Crippen molar-refractivity contribution in [3.63, 3.8) is 0 Å². The molecule has 8 heteroatoms. The summed E-state index contributed by atoms with van der Waals surface area (Å²) in [6.07, 6.45) is 10.8. The molecule has 0 spiro atoms. The van der Waals surface area contributed by atoms with E-state index in [1.54, 1.807) is 36.9 Å². The minimum absolute atomic E-state index is 0.262. The molecular formula is C40H24N4O4. The third-order valence-corrected chi connectivity index (χ3v) is 8.07. The van der Waals surface area contributed by atoms with Gasteiger partial charge in [0.1, 0.15) is 0 Å². The highest BCUT2D eigenvalue weighted by Crippen LogP contribution is 2.26. The van der Waals surface area contributed by atoms with Crippen molar-refractivity contribution in [3.8, 4) is 45.2 Å². The molecule has 0 saturated heterocycles. The van der Waals surface area contributed by atoms with Crippen LogP contribution in [0.25, 0.3) is 79.1 Å². The van der Waals surface area contributed by atoms with Gasteiger partial charge in [-0.3, -0.25) is 9.97 Å². The summed E-state index contributed by atoms with van der Waals surface area (Å²) in [6.45, 7) is 0. The van der Waals surface area contributed by atoms with Crippen LogP contribution in [0.4, 0.5) is 0 Å². The van der Waals surface area contributed by atoms with E-state index in [2.05, 4.69) is 19.9 Å². The topological polar surface area (TPSA) is 112 Å². The van der Waals surface area contributed by atoms with Crippen LogP contribution in [0.2, 0.25) is 0 Å². The summed E-state index contributed by atoms with van der Waals surface area (Å²) in [5.41, 5.74) is 7.29. The lowest BCUT2D eigenvalue weighted by Crippen LogP contribution is -2.03. The molecule has 0 amide bonds. The second kappa shape index (κ2) is 12.2. The summed E-state index contributed by atoms with van der Waals surface area (Å²) < 4.78 is 11.2. The van der Waals surface area contributed by atoms with Crippen molar-refractivity contribution in [2.24, 2.45) is 0 Å². The fourth-order valence-electron chi connectivity index (χ4n) is 5.50. The van der Waals surface area contributed by atoms with Gasteiger partial charge in [-0.15, -0.1) is 0 Å². The lowest BCUT2D eigenvalue weighted by atomic mass is 10.0. The van der Waals surface area contributed by atoms with Gasteiger partial charge in [0.05, 0.1) is 21.8 Å². The Labute approximate surface area is 273 Å². The number of hydrogen-bond donors (Lipinski definition) is 0. The van der Waals surface area contributed by atoms with E-state index in [1.165, 1.54) is 0 Å². The van der Waals surface area contributed by atoms with Gasteiger partial charge in [0.15, 0.2) is 0 Å². The van der Waals surface area contributed by atoms with Crippen molar-refractivity contribution in [2.45, 2.75) is 0 Å². The summed E-state index contributed by atoms with van der Waals surface area (Å²) in [6, 6.07) is 33.9. The number of nitrogens with zero attached hydrogens (tertiary/aromatic N) is 4. The molecule has 0 aliphatic carbocycles. The zero-order valence-electron chi connectivity index (χ0n) is 25.3. The molecule has 0 fully saturated rings. The summed E-state index contributed by atoms with van der Waals surface area (Å²) in [7, 11) is 0. The molecule has 0 aliphatic rings. The average molecular weight is 625 g/mol. The summed E-state index contributed by atoms with van der Waals surface area (Å²) in [5.74, 6) is 0.525. The van der Waals surface area contributed by atoms with E-state index in [1.807, 2.05) is 109 Å². The standard InChI is InChI=1S/C40H24N4O4/c45-39-33-23-31(27-15-19-41-20-16-27)11-13-35(33)43-37(47-39)29-7-3-25(4-8-29)1-2-26-5-9-30(10-6-26)38-44-36-14-12-32(24-34(36)40(46)48-38)28-17-21-42-22-18-28/h1-24H/b2-1+. The molecule has 8 aromatic rings. The quantitative estimate of drug-likeness (QED) is 0.170. The van der Waals surface area contributed by atoms with Crippen molar-refractivity contribution in [1.82, 2.24) is 19.9 Å². The fourth-order valence-corrected chi connectivity index (χ4v) is 5.50. The van der Waals surface area contributed by atoms with Gasteiger partial charge in [-0.1, -0.05) is 48.6 Å². The van der Waals surface area contributed by atoms with Crippen LogP contribution in [-0.4, -0.2) is 19.9 Å². The van der Waals surface area contributed by atoms with Gasteiger partial charge in [0.25, 0.3) is 0 Å². The van der Waals surface area contributed by atoms with Gasteiger partial charge in [0.2, 0.25) is 11.8 Å². The van der Waals surface area contributed by atoms with E-state index >= 15 is 0 Å². The van der Waals surface area contributed by atoms with Crippen molar-refractivity contribution >= 4 is 34.0 Å². The molecule has 4 aromatic heterocycles. The number of fused-ring (bicyclic) bond motifs is 2. The maximum atomic E-state index is 12.9. The molecule has 4 aromatic carbocycles. The van der Waals surface area contributed by atoms with E-state index in [9.17, 15) is 9.59 Å². The number of pyridine rings is 2. The number of hydrogen-bond acceptors (Lipinski definition) is 8. The van der Waals surface area contributed by atoms with E-state index in [0.717, 1.165) is 33.4 Å². The third-order valence-electron chi connectivity index (χ3n) is 8.07. The highest BCUT2D eigenvalue weighted by Gasteiger charge is 2.12. The average Bonchev–Trinajstić information content (AvgIpc) is 3.15. The second-order valence-electron chi connectivity index (χ2n) is 11.1. The Morgan fingerprint density at radius 2 is 0.792 bits per heavy atom. The van der Waals surface area contributed by atoms with Crippen LogP contribution in [0.15, 0.2) is 152 Å². The van der Waals surface area contributed by atoms with E-state index in [0.29, 0.717) is 32.9 Å². The largest absolute Gasteiger partial charge is 0.403 e. The molecule has 0 bridgehead atoms. The first-order chi connectivity index (χ1) is 23.6. The number of rotatable bonds is 6. The van der Waals surface area contributed by atoms with Crippen LogP contribution in [0.1, 0.15) is 11.1 Å². The Balaban J connectivity index is 0.982. The normalized spacial score (nSPS) is 11.4. The Morgan fingerprint density at radius 1 is 0.417 bits per heavy atom. The van der Waals surface area contributed by atoms with Gasteiger partial charge < -0.3 is 8.83 Å². The molecule has 0 radical (unpaired) electrons. The highest BCUT2D eigenvalue weighted by molar-refractivity contribution is 5.85. The van der Waals surface area contributed by atoms with Crippen LogP contribution in [0.3, 0.4) is 0 Å². The molecule has 0 N–H and O–H groups in total. The summed E-state index contributed by atoms with van der Waals surface area (Å²) >= 11 is 0. The molecule has 8 rings (SSSR count). The highest BCUT2D eigenvalue weighted by atomic mass is 16.4. The first kappa shape index (κ1) is 28.7. The maximum Gasteiger partial charge on any atom is 0.347 e. The molecule has 0 aliphatic heterocycles. The van der Waals surface area contributed by atoms with Crippen LogP contribution in [0.5, 0.6) is 0 Å². The van der Waals surface area contributed by atoms with Crippen molar-refractivity contribution in [3.05, 3.63) is 166 Å². The second-order valence-corrected chi connectivity index (χ2v) is 11.1. The van der Waals surface area contributed by atoms with Crippen LogP contribution >= 0.6 is 0 Å². The zero-order valence-corrected chi connectivity index (χ0v) is 25.3. The number of benzene rings is 4. The van der Waals surface area contributed by atoms with Gasteiger partial charge in [0, 0.05) is 35.9 Å². The van der Waals surface area contributed by atoms with Gasteiger partial charge in [-0.05, 0) is 106 Å². The molecule has 4 heterocycles. The summed E-state index contributed by atoms with van der Waals surface area (Å²) in [5, 5.41) is 0.848. The minimum Gasteiger partial charge on any atom is -0.403 e. The molecular weight excluding hydrogens is 600 g/mol. The molecule has 228 valence electrons. The van der Waals surface area contributed by atoms with Crippen molar-refractivity contribution in [1.29, 1.82) is 0 Å². The molecule has 0 atom stereocenters. The number of aromatic nitrogens is 4. The van der Waals surface area contributed by atoms with E-state index in [-0.39, 0.29) is 11.8 Å². The monoisotopic (exact) mass is 624 g/mol. The van der Waals surface area contributed by atoms with Gasteiger partial charge in [-0.25, -0.2) is 19.6 Å². The minimum atomic E-state index is -0.438. The Morgan fingerprint density at radius 3 is 1.19 bits per heavy atom. The zero-order chi connectivity index (χ0) is 32.5. The maximum absolute atomic E-state index is 12.9. The van der Waals surface area contributed by atoms with E-state index < -0.39 is 11.3 Å². The SMILES string of the molecule is O=c1oc(-c2ccc(/C=C/c3ccc(-c4nc5ccc(-c6ccncc6)cc5c(=O)o4)cc3)cc2)nc2ccc(-c3ccncc3)cc12. The van der Waals surface area contributed by atoms with Crippen LogP contribution in [-0.2, 0) is 0 Å².